The zero-order chi connectivity index (χ0) is 13.4. The van der Waals surface area contributed by atoms with E-state index in [0.717, 1.165) is 19.5 Å². The van der Waals surface area contributed by atoms with E-state index in [4.69, 9.17) is 5.73 Å². The van der Waals surface area contributed by atoms with Crippen LogP contribution in [0.5, 0.6) is 0 Å². The average molecular weight is 248 g/mol. The summed E-state index contributed by atoms with van der Waals surface area (Å²) >= 11 is 0. The molecule has 2 nitrogen and oxygen atoms in total. The van der Waals surface area contributed by atoms with E-state index in [-0.39, 0.29) is 5.54 Å². The summed E-state index contributed by atoms with van der Waals surface area (Å²) < 4.78 is 0. The number of benzene rings is 1. The Hall–Kier alpha value is -1.02. The van der Waals surface area contributed by atoms with E-state index in [1.807, 2.05) is 0 Å². The molecule has 0 aliphatic rings. The second kappa shape index (κ2) is 7.42. The summed E-state index contributed by atoms with van der Waals surface area (Å²) in [6.45, 7) is 8.47. The molecular formula is C16H28N2. The Morgan fingerprint density at radius 3 is 2.22 bits per heavy atom. The monoisotopic (exact) mass is 248 g/mol. The van der Waals surface area contributed by atoms with E-state index in [0.29, 0.717) is 0 Å². The third-order valence-electron chi connectivity index (χ3n) is 3.99. The molecule has 1 unspecified atom stereocenters. The summed E-state index contributed by atoms with van der Waals surface area (Å²) in [5.74, 6) is 0. The van der Waals surface area contributed by atoms with Gasteiger partial charge in [0.2, 0.25) is 0 Å². The molecule has 2 N–H and O–H groups in total. The molecule has 1 aromatic carbocycles. The maximum Gasteiger partial charge on any atom is 0.0521 e. The van der Waals surface area contributed by atoms with Crippen LogP contribution in [-0.4, -0.2) is 18.6 Å². The number of rotatable bonds is 8. The molecule has 0 heterocycles. The van der Waals surface area contributed by atoms with Gasteiger partial charge < -0.3 is 10.6 Å². The van der Waals surface area contributed by atoms with Gasteiger partial charge in [-0.2, -0.15) is 0 Å². The Kier molecular flexibility index (Phi) is 6.20. The normalized spacial score (nSPS) is 14.2. The summed E-state index contributed by atoms with van der Waals surface area (Å²) in [5.41, 5.74) is 7.54. The van der Waals surface area contributed by atoms with Crippen molar-refractivity contribution < 1.29 is 0 Å². The van der Waals surface area contributed by atoms with Gasteiger partial charge in [-0.3, -0.25) is 0 Å². The minimum Gasteiger partial charge on any atom is -0.365 e. The second-order valence-electron chi connectivity index (χ2n) is 4.97. The quantitative estimate of drug-likeness (QED) is 0.758. The van der Waals surface area contributed by atoms with Crippen LogP contribution in [-0.2, 0) is 0 Å². The lowest BCUT2D eigenvalue weighted by Crippen LogP contribution is -2.54. The van der Waals surface area contributed by atoms with Crippen LogP contribution in [0.1, 0.15) is 46.5 Å². The molecule has 0 amide bonds. The lowest BCUT2D eigenvalue weighted by atomic mass is 9.87. The van der Waals surface area contributed by atoms with Crippen LogP contribution in [0.15, 0.2) is 30.3 Å². The van der Waals surface area contributed by atoms with Gasteiger partial charge in [0.1, 0.15) is 0 Å². The van der Waals surface area contributed by atoms with E-state index in [2.05, 4.69) is 56.0 Å². The van der Waals surface area contributed by atoms with Crippen LogP contribution in [0.4, 0.5) is 5.69 Å². The van der Waals surface area contributed by atoms with Gasteiger partial charge >= 0.3 is 0 Å². The molecule has 1 rings (SSSR count). The molecule has 0 aromatic heterocycles. The van der Waals surface area contributed by atoms with Crippen molar-refractivity contribution in [1.82, 2.24) is 0 Å². The number of hydrogen-bond donors (Lipinski definition) is 1. The molecule has 1 atom stereocenters. The Morgan fingerprint density at radius 1 is 1.11 bits per heavy atom. The maximum atomic E-state index is 6.13. The number of nitrogens with zero attached hydrogens (tertiary/aromatic N) is 1. The molecule has 1 aromatic rings. The first kappa shape index (κ1) is 15.0. The molecule has 0 aliphatic carbocycles. The molecule has 18 heavy (non-hydrogen) atoms. The molecule has 102 valence electrons. The van der Waals surface area contributed by atoms with Crippen LogP contribution in [0.25, 0.3) is 0 Å². The first-order chi connectivity index (χ1) is 8.74. The Morgan fingerprint density at radius 2 is 1.78 bits per heavy atom. The molecule has 0 aliphatic heterocycles. The minimum absolute atomic E-state index is 0.117. The molecule has 0 spiro atoms. The van der Waals surface area contributed by atoms with Crippen LogP contribution in [0.3, 0.4) is 0 Å². The lowest BCUT2D eigenvalue weighted by Gasteiger charge is -2.44. The van der Waals surface area contributed by atoms with Gasteiger partial charge in [-0.1, -0.05) is 44.9 Å². The molecule has 2 heteroatoms. The molecule has 0 saturated carbocycles. The van der Waals surface area contributed by atoms with Crippen molar-refractivity contribution >= 4 is 5.69 Å². The van der Waals surface area contributed by atoms with Gasteiger partial charge in [0.25, 0.3) is 0 Å². The number of anilines is 1. The fraction of sp³-hybridized carbons (Fsp3) is 0.625. The van der Waals surface area contributed by atoms with Crippen molar-refractivity contribution in [3.63, 3.8) is 0 Å². The summed E-state index contributed by atoms with van der Waals surface area (Å²) in [6.07, 6.45) is 4.76. The standard InChI is InChI=1S/C16H28N2/c1-4-7-13-16(5-2,14-17)18(6-3)15-11-9-8-10-12-15/h8-12H,4-7,13-14,17H2,1-3H3. The van der Waals surface area contributed by atoms with Gasteiger partial charge in [0.05, 0.1) is 5.54 Å². The third-order valence-corrected chi connectivity index (χ3v) is 3.99. The molecule has 0 fully saturated rings. The van der Waals surface area contributed by atoms with Gasteiger partial charge in [0.15, 0.2) is 0 Å². The average Bonchev–Trinajstić information content (AvgIpc) is 2.44. The smallest absolute Gasteiger partial charge is 0.0521 e. The summed E-state index contributed by atoms with van der Waals surface area (Å²) in [4.78, 5) is 2.49. The first-order valence-corrected chi connectivity index (χ1v) is 7.26. The predicted octanol–water partition coefficient (Wildman–Crippen LogP) is 3.81. The van der Waals surface area contributed by atoms with Crippen LogP contribution >= 0.6 is 0 Å². The summed E-state index contributed by atoms with van der Waals surface area (Å²) in [7, 11) is 0. The van der Waals surface area contributed by atoms with Gasteiger partial charge in [0, 0.05) is 18.8 Å². The van der Waals surface area contributed by atoms with Crippen molar-refractivity contribution in [2.24, 2.45) is 5.73 Å². The number of hydrogen-bond acceptors (Lipinski definition) is 2. The topological polar surface area (TPSA) is 29.3 Å². The van der Waals surface area contributed by atoms with Crippen molar-refractivity contribution in [1.29, 1.82) is 0 Å². The van der Waals surface area contributed by atoms with Crippen LogP contribution in [0, 0.1) is 0 Å². The van der Waals surface area contributed by atoms with Crippen molar-refractivity contribution in [3.8, 4) is 0 Å². The van der Waals surface area contributed by atoms with E-state index in [1.54, 1.807) is 0 Å². The highest BCUT2D eigenvalue weighted by Gasteiger charge is 2.32. The zero-order valence-electron chi connectivity index (χ0n) is 12.2. The third kappa shape index (κ3) is 3.26. The van der Waals surface area contributed by atoms with E-state index < -0.39 is 0 Å². The highest BCUT2D eigenvalue weighted by atomic mass is 15.2. The Bertz CT molecular complexity index is 317. The van der Waals surface area contributed by atoms with Crippen molar-refractivity contribution in [3.05, 3.63) is 30.3 Å². The first-order valence-electron chi connectivity index (χ1n) is 7.26. The van der Waals surface area contributed by atoms with E-state index in [9.17, 15) is 0 Å². The highest BCUT2D eigenvalue weighted by molar-refractivity contribution is 5.49. The molecular weight excluding hydrogens is 220 g/mol. The molecule has 0 saturated heterocycles. The van der Waals surface area contributed by atoms with E-state index >= 15 is 0 Å². The Balaban J connectivity index is 3.00. The largest absolute Gasteiger partial charge is 0.365 e. The van der Waals surface area contributed by atoms with Gasteiger partial charge in [-0.25, -0.2) is 0 Å². The van der Waals surface area contributed by atoms with Gasteiger partial charge in [-0.05, 0) is 31.9 Å². The lowest BCUT2D eigenvalue weighted by molar-refractivity contribution is 0.347. The summed E-state index contributed by atoms with van der Waals surface area (Å²) in [6, 6.07) is 10.7. The van der Waals surface area contributed by atoms with Crippen LogP contribution in [0.2, 0.25) is 0 Å². The second-order valence-corrected chi connectivity index (χ2v) is 4.97. The fourth-order valence-corrected chi connectivity index (χ4v) is 2.76. The summed E-state index contributed by atoms with van der Waals surface area (Å²) in [5, 5.41) is 0. The molecule has 0 radical (unpaired) electrons. The fourth-order valence-electron chi connectivity index (χ4n) is 2.76. The van der Waals surface area contributed by atoms with Gasteiger partial charge in [-0.15, -0.1) is 0 Å². The number of para-hydroxylation sites is 1. The number of nitrogens with two attached hydrogens (primary N) is 1. The van der Waals surface area contributed by atoms with Crippen LogP contribution < -0.4 is 10.6 Å². The van der Waals surface area contributed by atoms with Crippen molar-refractivity contribution in [2.75, 3.05) is 18.0 Å². The predicted molar refractivity (Wildman–Crippen MR) is 81.1 cm³/mol. The highest BCUT2D eigenvalue weighted by Crippen LogP contribution is 2.30. The maximum absolute atomic E-state index is 6.13. The minimum atomic E-state index is 0.117. The zero-order valence-corrected chi connectivity index (χ0v) is 12.2. The number of unbranched alkanes of at least 4 members (excludes halogenated alkanes) is 1. The van der Waals surface area contributed by atoms with Crippen molar-refractivity contribution in [2.45, 2.75) is 52.0 Å². The SMILES string of the molecule is CCCCC(CC)(CN)N(CC)c1ccccc1. The molecule has 0 bridgehead atoms. The number of likely N-dealkylation sites (N-methyl/N-ethyl adjacent to an activating group) is 1. The Labute approximate surface area is 112 Å². The van der Waals surface area contributed by atoms with E-state index in [1.165, 1.54) is 24.9 Å².